The van der Waals surface area contributed by atoms with E-state index in [1.165, 1.54) is 10.5 Å². The van der Waals surface area contributed by atoms with Gasteiger partial charge in [-0.2, -0.15) is 0 Å². The lowest BCUT2D eigenvalue weighted by molar-refractivity contribution is 0.0681. The molecule has 0 spiro atoms. The summed E-state index contributed by atoms with van der Waals surface area (Å²) < 4.78 is 5.65. The van der Waals surface area contributed by atoms with Crippen molar-refractivity contribution < 1.29 is 4.74 Å². The van der Waals surface area contributed by atoms with Crippen molar-refractivity contribution in [3.63, 3.8) is 0 Å². The first-order chi connectivity index (χ1) is 7.68. The molecule has 0 aliphatic carbocycles. The van der Waals surface area contributed by atoms with Crippen molar-refractivity contribution in [1.82, 2.24) is 5.32 Å². The second-order valence-corrected chi connectivity index (χ2v) is 5.13. The average molecular weight is 239 g/mol. The maximum Gasteiger partial charge on any atom is 0.0671 e. The van der Waals surface area contributed by atoms with E-state index in [4.69, 9.17) is 4.74 Å². The van der Waals surface area contributed by atoms with Gasteiger partial charge >= 0.3 is 0 Å². The predicted molar refractivity (Wildman–Crippen MR) is 70.9 cm³/mol. The molecule has 1 aromatic heterocycles. The molecule has 2 nitrogen and oxygen atoms in total. The Bertz CT molecular complexity index is 295. The van der Waals surface area contributed by atoms with Crippen LogP contribution in [0.3, 0.4) is 0 Å². The van der Waals surface area contributed by atoms with Crippen molar-refractivity contribution in [3.8, 4) is 0 Å². The highest BCUT2D eigenvalue weighted by atomic mass is 32.1. The Labute approximate surface area is 102 Å². The highest BCUT2D eigenvalue weighted by Crippen LogP contribution is 2.07. The Hall–Kier alpha value is -0.640. The Morgan fingerprint density at radius 3 is 3.06 bits per heavy atom. The van der Waals surface area contributed by atoms with Crippen LogP contribution in [0.15, 0.2) is 29.7 Å². The molecular formula is C13H21NOS. The molecule has 3 heteroatoms. The zero-order chi connectivity index (χ0) is 11.8. The van der Waals surface area contributed by atoms with Crippen molar-refractivity contribution in [2.75, 3.05) is 13.2 Å². The van der Waals surface area contributed by atoms with Crippen LogP contribution in [-0.2, 0) is 11.3 Å². The molecule has 1 atom stereocenters. The van der Waals surface area contributed by atoms with Crippen LogP contribution in [0.2, 0.25) is 0 Å². The number of nitrogens with one attached hydrogen (secondary N) is 1. The number of ether oxygens (including phenoxy) is 1. The van der Waals surface area contributed by atoms with Crippen LogP contribution in [0.25, 0.3) is 0 Å². The van der Waals surface area contributed by atoms with E-state index in [2.05, 4.69) is 36.3 Å². The zero-order valence-electron chi connectivity index (χ0n) is 10.2. The first kappa shape index (κ1) is 13.4. The van der Waals surface area contributed by atoms with Crippen molar-refractivity contribution >= 4 is 11.3 Å². The quantitative estimate of drug-likeness (QED) is 0.703. The summed E-state index contributed by atoms with van der Waals surface area (Å²) in [4.78, 5) is 1.37. The maximum atomic E-state index is 5.65. The third-order valence-corrected chi connectivity index (χ3v) is 3.12. The summed E-state index contributed by atoms with van der Waals surface area (Å²) in [6.07, 6.45) is 1.22. The minimum Gasteiger partial charge on any atom is -0.377 e. The van der Waals surface area contributed by atoms with E-state index in [1.807, 2.05) is 6.92 Å². The monoisotopic (exact) mass is 239 g/mol. The largest absolute Gasteiger partial charge is 0.377 e. The fourth-order valence-electron chi connectivity index (χ4n) is 1.31. The van der Waals surface area contributed by atoms with Crippen molar-refractivity contribution in [2.45, 2.75) is 32.9 Å². The minimum absolute atomic E-state index is 0.263. The Kier molecular flexibility index (Phi) is 6.38. The summed E-state index contributed by atoms with van der Waals surface area (Å²) in [5.41, 5.74) is 1.18. The lowest BCUT2D eigenvalue weighted by Gasteiger charge is -2.13. The average Bonchev–Trinajstić information content (AvgIpc) is 2.70. The van der Waals surface area contributed by atoms with Gasteiger partial charge in [0.05, 0.1) is 12.7 Å². The molecule has 90 valence electrons. The lowest BCUT2D eigenvalue weighted by Crippen LogP contribution is -2.26. The molecule has 0 aliphatic heterocycles. The van der Waals surface area contributed by atoms with E-state index >= 15 is 0 Å². The van der Waals surface area contributed by atoms with E-state index in [9.17, 15) is 0 Å². The molecule has 1 N–H and O–H groups in total. The number of hydrogen-bond donors (Lipinski definition) is 1. The van der Waals surface area contributed by atoms with Gasteiger partial charge in [0.2, 0.25) is 0 Å². The fraction of sp³-hybridized carbons (Fsp3) is 0.538. The summed E-state index contributed by atoms with van der Waals surface area (Å²) in [6, 6.07) is 4.22. The summed E-state index contributed by atoms with van der Waals surface area (Å²) in [7, 11) is 0. The van der Waals surface area contributed by atoms with Crippen LogP contribution in [0, 0.1) is 0 Å². The van der Waals surface area contributed by atoms with E-state index in [1.54, 1.807) is 11.3 Å². The zero-order valence-corrected chi connectivity index (χ0v) is 11.0. The normalized spacial score (nSPS) is 12.6. The van der Waals surface area contributed by atoms with Gasteiger partial charge in [0.15, 0.2) is 0 Å². The molecule has 0 bridgehead atoms. The standard InChI is InChI=1S/C13H21NOS/c1-11(2)6-7-15-12(3)9-14-10-13-5-4-8-16-13/h4-5,8,12,14H,1,6-7,9-10H2,2-3H3. The predicted octanol–water partition coefficient (Wildman–Crippen LogP) is 3.21. The smallest absolute Gasteiger partial charge is 0.0671 e. The summed E-state index contributed by atoms with van der Waals surface area (Å²) in [5.74, 6) is 0. The maximum absolute atomic E-state index is 5.65. The summed E-state index contributed by atoms with van der Waals surface area (Å²) >= 11 is 1.78. The van der Waals surface area contributed by atoms with Crippen molar-refractivity contribution in [2.24, 2.45) is 0 Å². The van der Waals surface area contributed by atoms with Crippen LogP contribution < -0.4 is 5.32 Å². The van der Waals surface area contributed by atoms with Crippen LogP contribution in [0.1, 0.15) is 25.1 Å². The van der Waals surface area contributed by atoms with Gasteiger partial charge < -0.3 is 10.1 Å². The van der Waals surface area contributed by atoms with Crippen molar-refractivity contribution in [1.29, 1.82) is 0 Å². The second-order valence-electron chi connectivity index (χ2n) is 4.10. The molecular weight excluding hydrogens is 218 g/mol. The van der Waals surface area contributed by atoms with Gasteiger partial charge in [0.1, 0.15) is 0 Å². The second kappa shape index (κ2) is 7.60. The van der Waals surface area contributed by atoms with Gasteiger partial charge in [-0.05, 0) is 31.7 Å². The highest BCUT2D eigenvalue weighted by Gasteiger charge is 2.01. The molecule has 0 radical (unpaired) electrons. The molecule has 0 saturated carbocycles. The SMILES string of the molecule is C=C(C)CCOC(C)CNCc1cccs1. The van der Waals surface area contributed by atoms with Crippen LogP contribution in [0.4, 0.5) is 0 Å². The number of thiophene rings is 1. The van der Waals surface area contributed by atoms with E-state index < -0.39 is 0 Å². The van der Waals surface area contributed by atoms with Gasteiger partial charge in [-0.15, -0.1) is 17.9 Å². The summed E-state index contributed by atoms with van der Waals surface area (Å²) in [6.45, 7) is 10.6. The molecule has 0 fully saturated rings. The third kappa shape index (κ3) is 6.05. The van der Waals surface area contributed by atoms with Gasteiger partial charge in [0, 0.05) is 18.0 Å². The first-order valence-corrected chi connectivity index (χ1v) is 6.55. The molecule has 1 rings (SSSR count). The van der Waals surface area contributed by atoms with Crippen LogP contribution in [0.5, 0.6) is 0 Å². The molecule has 0 amide bonds. The fourth-order valence-corrected chi connectivity index (χ4v) is 1.98. The molecule has 0 aromatic carbocycles. The molecule has 0 aliphatic rings. The third-order valence-electron chi connectivity index (χ3n) is 2.24. The molecule has 1 aromatic rings. The number of hydrogen-bond acceptors (Lipinski definition) is 3. The molecule has 0 saturated heterocycles. The van der Waals surface area contributed by atoms with Gasteiger partial charge in [-0.1, -0.05) is 11.6 Å². The van der Waals surface area contributed by atoms with Gasteiger partial charge in [-0.25, -0.2) is 0 Å². The van der Waals surface area contributed by atoms with E-state index in [0.717, 1.165) is 26.1 Å². The van der Waals surface area contributed by atoms with Crippen molar-refractivity contribution in [3.05, 3.63) is 34.5 Å². The first-order valence-electron chi connectivity index (χ1n) is 5.67. The Balaban J connectivity index is 2.02. The van der Waals surface area contributed by atoms with Crippen LogP contribution in [-0.4, -0.2) is 19.3 Å². The Morgan fingerprint density at radius 2 is 2.44 bits per heavy atom. The van der Waals surface area contributed by atoms with E-state index in [-0.39, 0.29) is 6.10 Å². The lowest BCUT2D eigenvalue weighted by atomic mass is 10.2. The molecule has 16 heavy (non-hydrogen) atoms. The van der Waals surface area contributed by atoms with Crippen LogP contribution >= 0.6 is 11.3 Å². The summed E-state index contributed by atoms with van der Waals surface area (Å²) in [5, 5.41) is 5.49. The number of rotatable bonds is 8. The molecule has 1 unspecified atom stereocenters. The van der Waals surface area contributed by atoms with E-state index in [0.29, 0.717) is 0 Å². The topological polar surface area (TPSA) is 21.3 Å². The minimum atomic E-state index is 0.263. The Morgan fingerprint density at radius 1 is 1.62 bits per heavy atom. The highest BCUT2D eigenvalue weighted by molar-refractivity contribution is 7.09. The van der Waals surface area contributed by atoms with Gasteiger partial charge in [0.25, 0.3) is 0 Å². The van der Waals surface area contributed by atoms with Gasteiger partial charge in [-0.3, -0.25) is 0 Å². The molecule has 1 heterocycles.